The molecule has 0 aliphatic rings. The molecule has 1 aromatic carbocycles. The number of hydrogen-bond acceptors (Lipinski definition) is 3. The molecule has 3 aromatic heterocycles. The van der Waals surface area contributed by atoms with Crippen LogP contribution in [0.25, 0.3) is 16.9 Å². The van der Waals surface area contributed by atoms with E-state index in [0.717, 1.165) is 16.9 Å². The zero-order chi connectivity index (χ0) is 18.8. The smallest absolute Gasteiger partial charge is 0.252 e. The van der Waals surface area contributed by atoms with Gasteiger partial charge in [-0.2, -0.15) is 0 Å². The van der Waals surface area contributed by atoms with Crippen LogP contribution in [0.5, 0.6) is 0 Å². The summed E-state index contributed by atoms with van der Waals surface area (Å²) >= 11 is 0. The lowest BCUT2D eigenvalue weighted by Crippen LogP contribution is -2.29. The number of fused-ring (bicyclic) bond motifs is 1. The predicted molar refractivity (Wildman–Crippen MR) is 99.9 cm³/mol. The molecule has 136 valence electrons. The zero-order valence-electron chi connectivity index (χ0n) is 14.7. The molecule has 0 spiro atoms. The molecule has 1 atom stereocenters. The molecule has 0 bridgehead atoms. The number of pyridine rings is 1. The van der Waals surface area contributed by atoms with Crippen LogP contribution in [0, 0.1) is 5.82 Å². The van der Waals surface area contributed by atoms with Crippen LogP contribution in [0.4, 0.5) is 4.39 Å². The number of carbonyl (C=O) groups is 1. The fourth-order valence-corrected chi connectivity index (χ4v) is 2.86. The highest BCUT2D eigenvalue weighted by Gasteiger charge is 2.11. The van der Waals surface area contributed by atoms with Crippen molar-refractivity contribution < 1.29 is 9.18 Å². The quantitative estimate of drug-likeness (QED) is 0.592. The first kappa shape index (κ1) is 17.0. The standard InChI is InChI=1S/C20H18FN5O/c1-14(25-9-8-22-13-25)10-23-20(27)16-4-7-19-24-18(12-26(19)11-16)15-2-5-17(21)6-3-15/h2-9,11-14H,10H2,1H3,(H,23,27). The van der Waals surface area contributed by atoms with Crippen molar-refractivity contribution in [3.63, 3.8) is 0 Å². The number of benzene rings is 1. The van der Waals surface area contributed by atoms with Crippen molar-refractivity contribution in [1.82, 2.24) is 24.3 Å². The van der Waals surface area contributed by atoms with Gasteiger partial charge in [-0.1, -0.05) is 0 Å². The number of nitrogens with zero attached hydrogens (tertiary/aromatic N) is 4. The number of imidazole rings is 2. The van der Waals surface area contributed by atoms with Gasteiger partial charge in [0.05, 0.1) is 17.6 Å². The topological polar surface area (TPSA) is 64.2 Å². The molecular formula is C20H18FN5O. The maximum absolute atomic E-state index is 13.1. The highest BCUT2D eigenvalue weighted by Crippen LogP contribution is 2.20. The number of nitrogens with one attached hydrogen (secondary N) is 1. The Hall–Kier alpha value is -3.48. The fraction of sp³-hybridized carbons (Fsp3) is 0.150. The summed E-state index contributed by atoms with van der Waals surface area (Å²) in [4.78, 5) is 21.0. The lowest BCUT2D eigenvalue weighted by atomic mass is 10.2. The third-order valence-corrected chi connectivity index (χ3v) is 4.45. The van der Waals surface area contributed by atoms with Gasteiger partial charge in [0.25, 0.3) is 5.91 Å². The lowest BCUT2D eigenvalue weighted by Gasteiger charge is -2.14. The average molecular weight is 363 g/mol. The van der Waals surface area contributed by atoms with E-state index in [4.69, 9.17) is 0 Å². The summed E-state index contributed by atoms with van der Waals surface area (Å²) in [6.45, 7) is 2.51. The molecule has 6 nitrogen and oxygen atoms in total. The molecule has 4 rings (SSSR count). The molecule has 1 unspecified atom stereocenters. The molecule has 0 radical (unpaired) electrons. The minimum absolute atomic E-state index is 0.110. The van der Waals surface area contributed by atoms with Crippen molar-refractivity contribution in [3.05, 3.63) is 78.9 Å². The molecule has 7 heteroatoms. The van der Waals surface area contributed by atoms with Gasteiger partial charge in [0.15, 0.2) is 0 Å². The fourth-order valence-electron chi connectivity index (χ4n) is 2.86. The van der Waals surface area contributed by atoms with Gasteiger partial charge < -0.3 is 14.3 Å². The van der Waals surface area contributed by atoms with E-state index in [1.54, 1.807) is 47.4 Å². The SMILES string of the molecule is CC(CNC(=O)c1ccc2nc(-c3ccc(F)cc3)cn2c1)n1ccnc1. The molecule has 0 aliphatic carbocycles. The number of rotatable bonds is 5. The molecule has 0 saturated heterocycles. The zero-order valence-corrected chi connectivity index (χ0v) is 14.7. The van der Waals surface area contributed by atoms with E-state index in [0.29, 0.717) is 12.1 Å². The van der Waals surface area contributed by atoms with Crippen molar-refractivity contribution in [1.29, 1.82) is 0 Å². The van der Waals surface area contributed by atoms with E-state index in [2.05, 4.69) is 15.3 Å². The summed E-state index contributed by atoms with van der Waals surface area (Å²) < 4.78 is 16.8. The third kappa shape index (κ3) is 3.57. The van der Waals surface area contributed by atoms with Gasteiger partial charge >= 0.3 is 0 Å². The first-order chi connectivity index (χ1) is 13.1. The van der Waals surface area contributed by atoms with E-state index in [1.807, 2.05) is 23.9 Å². The van der Waals surface area contributed by atoms with Crippen molar-refractivity contribution in [2.24, 2.45) is 0 Å². The number of hydrogen-bond donors (Lipinski definition) is 1. The van der Waals surface area contributed by atoms with E-state index >= 15 is 0 Å². The van der Waals surface area contributed by atoms with Gasteiger partial charge in [0, 0.05) is 42.9 Å². The largest absolute Gasteiger partial charge is 0.350 e. The molecule has 0 saturated carbocycles. The van der Waals surface area contributed by atoms with Crippen LogP contribution in [-0.4, -0.2) is 31.4 Å². The number of aromatic nitrogens is 4. The summed E-state index contributed by atoms with van der Waals surface area (Å²) in [5.41, 5.74) is 2.81. The molecule has 27 heavy (non-hydrogen) atoms. The lowest BCUT2D eigenvalue weighted by molar-refractivity contribution is 0.0948. The van der Waals surface area contributed by atoms with E-state index in [1.165, 1.54) is 12.1 Å². The first-order valence-corrected chi connectivity index (χ1v) is 8.60. The van der Waals surface area contributed by atoms with Crippen molar-refractivity contribution >= 4 is 11.6 Å². The number of halogens is 1. The Bertz CT molecular complexity index is 1070. The van der Waals surface area contributed by atoms with E-state index in [-0.39, 0.29) is 17.8 Å². The minimum Gasteiger partial charge on any atom is -0.350 e. The molecule has 3 heterocycles. The second-order valence-electron chi connectivity index (χ2n) is 6.39. The number of amides is 1. The second kappa shape index (κ2) is 7.03. The molecule has 1 amide bonds. The van der Waals surface area contributed by atoms with Crippen LogP contribution in [0.1, 0.15) is 23.3 Å². The average Bonchev–Trinajstić information content (AvgIpc) is 3.35. The Kier molecular flexibility index (Phi) is 4.42. The summed E-state index contributed by atoms with van der Waals surface area (Å²) in [6.07, 6.45) is 8.88. The van der Waals surface area contributed by atoms with Crippen molar-refractivity contribution in [2.75, 3.05) is 6.54 Å². The van der Waals surface area contributed by atoms with E-state index in [9.17, 15) is 9.18 Å². The van der Waals surface area contributed by atoms with E-state index < -0.39 is 0 Å². The Morgan fingerprint density at radius 1 is 1.19 bits per heavy atom. The predicted octanol–water partition coefficient (Wildman–Crippen LogP) is 3.33. The first-order valence-electron chi connectivity index (χ1n) is 8.60. The Balaban J connectivity index is 1.50. The molecular weight excluding hydrogens is 345 g/mol. The van der Waals surface area contributed by atoms with Crippen molar-refractivity contribution in [2.45, 2.75) is 13.0 Å². The summed E-state index contributed by atoms with van der Waals surface area (Å²) in [5.74, 6) is -0.438. The Morgan fingerprint density at radius 2 is 2.00 bits per heavy atom. The molecule has 0 aliphatic heterocycles. The highest BCUT2D eigenvalue weighted by atomic mass is 19.1. The van der Waals surface area contributed by atoms with Crippen LogP contribution in [-0.2, 0) is 0 Å². The highest BCUT2D eigenvalue weighted by molar-refractivity contribution is 5.94. The van der Waals surface area contributed by atoms with Gasteiger partial charge in [-0.3, -0.25) is 4.79 Å². The third-order valence-electron chi connectivity index (χ3n) is 4.45. The monoisotopic (exact) mass is 363 g/mol. The summed E-state index contributed by atoms with van der Waals surface area (Å²) in [6, 6.07) is 9.82. The molecule has 0 fully saturated rings. The number of carbonyl (C=O) groups excluding carboxylic acids is 1. The normalized spacial score (nSPS) is 12.2. The minimum atomic E-state index is -0.286. The Morgan fingerprint density at radius 3 is 2.74 bits per heavy atom. The van der Waals surface area contributed by atoms with Crippen LogP contribution in [0.3, 0.4) is 0 Å². The van der Waals surface area contributed by atoms with Crippen LogP contribution < -0.4 is 5.32 Å². The summed E-state index contributed by atoms with van der Waals surface area (Å²) in [7, 11) is 0. The van der Waals surface area contributed by atoms with Gasteiger partial charge in [0.2, 0.25) is 0 Å². The summed E-state index contributed by atoms with van der Waals surface area (Å²) in [5, 5.41) is 2.93. The Labute approximate surface area is 155 Å². The maximum atomic E-state index is 13.1. The molecule has 4 aromatic rings. The van der Waals surface area contributed by atoms with Crippen molar-refractivity contribution in [3.8, 4) is 11.3 Å². The van der Waals surface area contributed by atoms with Gasteiger partial charge in [-0.25, -0.2) is 14.4 Å². The van der Waals surface area contributed by atoms with Gasteiger partial charge in [-0.15, -0.1) is 0 Å². The van der Waals surface area contributed by atoms with Gasteiger partial charge in [-0.05, 0) is 43.3 Å². The van der Waals surface area contributed by atoms with Gasteiger partial charge in [0.1, 0.15) is 11.5 Å². The van der Waals surface area contributed by atoms with Crippen LogP contribution in [0.15, 0.2) is 67.5 Å². The second-order valence-corrected chi connectivity index (χ2v) is 6.39. The van der Waals surface area contributed by atoms with Crippen LogP contribution >= 0.6 is 0 Å². The maximum Gasteiger partial charge on any atom is 0.252 e. The van der Waals surface area contributed by atoms with Crippen LogP contribution in [0.2, 0.25) is 0 Å². The molecule has 1 N–H and O–H groups in total.